The van der Waals surface area contributed by atoms with E-state index >= 15 is 0 Å². The van der Waals surface area contributed by atoms with Crippen molar-refractivity contribution in [2.45, 2.75) is 46.6 Å². The smallest absolute Gasteiger partial charge is 0.224 e. The second-order valence-electron chi connectivity index (χ2n) is 6.38. The summed E-state index contributed by atoms with van der Waals surface area (Å²) in [5.74, 6) is 0.0334. The summed E-state index contributed by atoms with van der Waals surface area (Å²) in [6.45, 7) is 6.51. The molecule has 25 heavy (non-hydrogen) atoms. The molecule has 0 aliphatic heterocycles. The molecule has 4 heteroatoms. The third kappa shape index (κ3) is 6.07. The van der Waals surface area contributed by atoms with Gasteiger partial charge >= 0.3 is 0 Å². The van der Waals surface area contributed by atoms with Gasteiger partial charge in [-0.3, -0.25) is 9.59 Å². The molecule has 2 aromatic rings. The Kier molecular flexibility index (Phi) is 6.75. The number of aryl methyl sites for hydroxylation is 2. The van der Waals surface area contributed by atoms with Gasteiger partial charge in [0.2, 0.25) is 11.8 Å². The molecule has 4 nitrogen and oxygen atoms in total. The van der Waals surface area contributed by atoms with E-state index in [1.807, 2.05) is 51.1 Å². The van der Waals surface area contributed by atoms with Crippen molar-refractivity contribution >= 4 is 17.5 Å². The molecular formula is C21H26N2O2. The van der Waals surface area contributed by atoms with Crippen LogP contribution in [0.15, 0.2) is 42.5 Å². The number of anilines is 1. The summed E-state index contributed by atoms with van der Waals surface area (Å²) in [5.41, 5.74) is 5.14. The summed E-state index contributed by atoms with van der Waals surface area (Å²) in [6, 6.07) is 13.7. The van der Waals surface area contributed by atoms with Crippen LogP contribution in [-0.4, -0.2) is 11.8 Å². The summed E-state index contributed by atoms with van der Waals surface area (Å²) in [4.78, 5) is 23.7. The molecule has 0 aliphatic rings. The molecule has 2 amide bonds. The van der Waals surface area contributed by atoms with Crippen LogP contribution in [0.1, 0.15) is 42.0 Å². The van der Waals surface area contributed by atoms with E-state index in [0.29, 0.717) is 19.4 Å². The second kappa shape index (κ2) is 9.02. The first-order valence-corrected chi connectivity index (χ1v) is 8.69. The van der Waals surface area contributed by atoms with E-state index in [1.54, 1.807) is 0 Å². The van der Waals surface area contributed by atoms with E-state index in [9.17, 15) is 9.59 Å². The van der Waals surface area contributed by atoms with Crippen molar-refractivity contribution in [1.29, 1.82) is 0 Å². The van der Waals surface area contributed by atoms with E-state index in [0.717, 1.165) is 34.4 Å². The maximum atomic E-state index is 12.2. The van der Waals surface area contributed by atoms with Crippen LogP contribution >= 0.6 is 0 Å². The average molecular weight is 338 g/mol. The van der Waals surface area contributed by atoms with Crippen molar-refractivity contribution in [1.82, 2.24) is 5.32 Å². The Bertz CT molecular complexity index is 736. The third-order valence-electron chi connectivity index (χ3n) is 4.06. The number of hydrogen-bond acceptors (Lipinski definition) is 2. The minimum atomic E-state index is 0.00836. The zero-order valence-electron chi connectivity index (χ0n) is 15.2. The number of benzene rings is 2. The number of carbonyl (C=O) groups excluding carboxylic acids is 2. The summed E-state index contributed by atoms with van der Waals surface area (Å²) >= 11 is 0. The molecule has 132 valence electrons. The number of amides is 2. The Morgan fingerprint density at radius 1 is 0.960 bits per heavy atom. The minimum absolute atomic E-state index is 0.00836. The third-order valence-corrected chi connectivity index (χ3v) is 4.06. The lowest BCUT2D eigenvalue weighted by atomic mass is 10.0. The number of hydrogen-bond donors (Lipinski definition) is 2. The first-order chi connectivity index (χ1) is 12.0. The molecule has 0 saturated carbocycles. The van der Waals surface area contributed by atoms with Gasteiger partial charge in [0.1, 0.15) is 0 Å². The highest BCUT2D eigenvalue weighted by Gasteiger charge is 2.07. The van der Waals surface area contributed by atoms with Crippen LogP contribution in [0.5, 0.6) is 0 Å². The molecule has 0 aliphatic carbocycles. The summed E-state index contributed by atoms with van der Waals surface area (Å²) in [6.07, 6.45) is 1.74. The van der Waals surface area contributed by atoms with Crippen LogP contribution < -0.4 is 10.6 Å². The lowest BCUT2D eigenvalue weighted by molar-refractivity contribution is -0.120. The normalized spacial score (nSPS) is 10.4. The van der Waals surface area contributed by atoms with Crippen molar-refractivity contribution in [2.75, 3.05) is 5.32 Å². The molecule has 0 saturated heterocycles. The summed E-state index contributed by atoms with van der Waals surface area (Å²) in [5, 5.41) is 5.80. The topological polar surface area (TPSA) is 58.2 Å². The van der Waals surface area contributed by atoms with Crippen LogP contribution in [0.3, 0.4) is 0 Å². The Hall–Kier alpha value is -2.62. The van der Waals surface area contributed by atoms with Crippen molar-refractivity contribution in [2.24, 2.45) is 0 Å². The summed E-state index contributed by atoms with van der Waals surface area (Å²) < 4.78 is 0. The van der Waals surface area contributed by atoms with Gasteiger partial charge in [0.15, 0.2) is 0 Å². The number of rotatable bonds is 7. The molecule has 0 bridgehead atoms. The lowest BCUT2D eigenvalue weighted by Gasteiger charge is -2.09. The molecule has 0 spiro atoms. The first-order valence-electron chi connectivity index (χ1n) is 8.69. The molecule has 0 radical (unpaired) electrons. The van der Waals surface area contributed by atoms with Gasteiger partial charge in [-0.05, 0) is 49.1 Å². The van der Waals surface area contributed by atoms with Gasteiger partial charge in [0.05, 0.1) is 6.42 Å². The molecule has 0 heterocycles. The van der Waals surface area contributed by atoms with E-state index < -0.39 is 0 Å². The maximum Gasteiger partial charge on any atom is 0.224 e. The second-order valence-corrected chi connectivity index (χ2v) is 6.38. The molecule has 0 fully saturated rings. The van der Waals surface area contributed by atoms with Gasteiger partial charge in [0, 0.05) is 18.7 Å². The number of carbonyl (C=O) groups is 2. The Balaban J connectivity index is 1.85. The van der Waals surface area contributed by atoms with Crippen LogP contribution in [0.4, 0.5) is 5.69 Å². The molecule has 2 N–H and O–H groups in total. The van der Waals surface area contributed by atoms with Gasteiger partial charge in [-0.15, -0.1) is 0 Å². The first kappa shape index (κ1) is 18.7. The van der Waals surface area contributed by atoms with E-state index in [4.69, 9.17) is 0 Å². The fourth-order valence-corrected chi connectivity index (χ4v) is 2.58. The molecule has 2 rings (SSSR count). The zero-order valence-corrected chi connectivity index (χ0v) is 15.2. The van der Waals surface area contributed by atoms with Crippen molar-refractivity contribution in [3.05, 3.63) is 64.7 Å². The van der Waals surface area contributed by atoms with Crippen molar-refractivity contribution < 1.29 is 9.59 Å². The molecular weight excluding hydrogens is 312 g/mol. The van der Waals surface area contributed by atoms with E-state index in [-0.39, 0.29) is 11.8 Å². The quantitative estimate of drug-likeness (QED) is 0.804. The average Bonchev–Trinajstić information content (AvgIpc) is 2.58. The van der Waals surface area contributed by atoms with Crippen molar-refractivity contribution in [3.8, 4) is 0 Å². The van der Waals surface area contributed by atoms with Gasteiger partial charge in [-0.25, -0.2) is 0 Å². The predicted octanol–water partition coefficient (Wildman–Crippen LogP) is 3.90. The summed E-state index contributed by atoms with van der Waals surface area (Å²) in [7, 11) is 0. The minimum Gasteiger partial charge on any atom is -0.352 e. The maximum absolute atomic E-state index is 12.2. The van der Waals surface area contributed by atoms with Crippen molar-refractivity contribution in [3.63, 3.8) is 0 Å². The van der Waals surface area contributed by atoms with Gasteiger partial charge in [-0.2, -0.15) is 0 Å². The van der Waals surface area contributed by atoms with Gasteiger partial charge in [-0.1, -0.05) is 42.8 Å². The largest absolute Gasteiger partial charge is 0.352 e. The fourth-order valence-electron chi connectivity index (χ4n) is 2.58. The van der Waals surface area contributed by atoms with Crippen LogP contribution in [-0.2, 0) is 22.6 Å². The van der Waals surface area contributed by atoms with Crippen LogP contribution in [0, 0.1) is 13.8 Å². The monoisotopic (exact) mass is 338 g/mol. The zero-order chi connectivity index (χ0) is 18.2. The van der Waals surface area contributed by atoms with E-state index in [1.165, 1.54) is 0 Å². The highest BCUT2D eigenvalue weighted by molar-refractivity contribution is 5.90. The standard InChI is InChI=1S/C21H26N2O2/c1-4-5-20(24)23-19-10-8-17(9-11-19)14-22-21(25)13-18-12-15(2)6-7-16(18)3/h6-12H,4-5,13-14H2,1-3H3,(H,22,25)(H,23,24). The highest BCUT2D eigenvalue weighted by Crippen LogP contribution is 2.12. The Morgan fingerprint density at radius 2 is 1.68 bits per heavy atom. The van der Waals surface area contributed by atoms with E-state index in [2.05, 4.69) is 22.8 Å². The van der Waals surface area contributed by atoms with Gasteiger partial charge < -0.3 is 10.6 Å². The highest BCUT2D eigenvalue weighted by atomic mass is 16.2. The SMILES string of the molecule is CCCC(=O)Nc1ccc(CNC(=O)Cc2cc(C)ccc2C)cc1. The molecule has 0 aromatic heterocycles. The van der Waals surface area contributed by atoms with Crippen LogP contribution in [0.25, 0.3) is 0 Å². The predicted molar refractivity (Wildman–Crippen MR) is 101 cm³/mol. The van der Waals surface area contributed by atoms with Gasteiger partial charge in [0.25, 0.3) is 0 Å². The Morgan fingerprint density at radius 3 is 2.36 bits per heavy atom. The number of nitrogens with one attached hydrogen (secondary N) is 2. The Labute approximate surface area is 149 Å². The molecule has 0 unspecified atom stereocenters. The fraction of sp³-hybridized carbons (Fsp3) is 0.333. The van der Waals surface area contributed by atoms with Crippen LogP contribution in [0.2, 0.25) is 0 Å². The molecule has 0 atom stereocenters. The lowest BCUT2D eigenvalue weighted by Crippen LogP contribution is -2.24. The molecule has 2 aromatic carbocycles.